The van der Waals surface area contributed by atoms with E-state index in [1.54, 1.807) is 19.2 Å². The topological polar surface area (TPSA) is 66.9 Å². The van der Waals surface area contributed by atoms with Crippen LogP contribution in [0, 0.1) is 5.92 Å². The number of amides is 1. The molecule has 0 bridgehead atoms. The minimum Gasteiger partial charge on any atom is -0.497 e. The van der Waals surface area contributed by atoms with Crippen molar-refractivity contribution in [1.82, 2.24) is 9.21 Å². The van der Waals surface area contributed by atoms with E-state index in [9.17, 15) is 13.2 Å². The van der Waals surface area contributed by atoms with Crippen molar-refractivity contribution in [1.29, 1.82) is 0 Å². The Balaban J connectivity index is 1.41. The molecule has 0 aromatic heterocycles. The molecule has 2 aromatic carbocycles. The van der Waals surface area contributed by atoms with Crippen LogP contribution in [-0.2, 0) is 14.8 Å². The highest BCUT2D eigenvalue weighted by Crippen LogP contribution is 2.35. The number of methoxy groups -OCH3 is 1. The lowest BCUT2D eigenvalue weighted by molar-refractivity contribution is -0.137. The fourth-order valence-corrected chi connectivity index (χ4v) is 6.13. The summed E-state index contributed by atoms with van der Waals surface area (Å²) in [5, 5.41) is 0.500. The van der Waals surface area contributed by atoms with Gasteiger partial charge in [-0.1, -0.05) is 23.7 Å². The highest BCUT2D eigenvalue weighted by Gasteiger charge is 2.37. The summed E-state index contributed by atoms with van der Waals surface area (Å²) in [7, 11) is -1.93. The van der Waals surface area contributed by atoms with Gasteiger partial charge in [0.05, 0.1) is 18.0 Å². The Morgan fingerprint density at radius 3 is 2.23 bits per heavy atom. The molecule has 1 amide bonds. The van der Waals surface area contributed by atoms with Crippen LogP contribution in [0.25, 0.3) is 0 Å². The SMILES string of the molecule is COc1ccc([C@@H]2CCCN2C(=O)C2CCN(S(=O)(=O)c3ccc(Cl)cc3)CC2)cc1. The number of piperidine rings is 1. The second-order valence-corrected chi connectivity index (χ2v) is 10.5. The number of carbonyl (C=O) groups is 1. The van der Waals surface area contributed by atoms with Crippen LogP contribution in [0.15, 0.2) is 53.4 Å². The van der Waals surface area contributed by atoms with E-state index in [2.05, 4.69) is 0 Å². The van der Waals surface area contributed by atoms with Gasteiger partial charge in [0.2, 0.25) is 15.9 Å². The number of halogens is 1. The maximum absolute atomic E-state index is 13.3. The van der Waals surface area contributed by atoms with E-state index in [0.29, 0.717) is 31.0 Å². The fourth-order valence-electron chi connectivity index (χ4n) is 4.54. The monoisotopic (exact) mass is 462 g/mol. The maximum atomic E-state index is 13.3. The van der Waals surface area contributed by atoms with Crippen molar-refractivity contribution in [2.45, 2.75) is 36.6 Å². The molecule has 8 heteroatoms. The smallest absolute Gasteiger partial charge is 0.243 e. The van der Waals surface area contributed by atoms with Crippen molar-refractivity contribution in [2.24, 2.45) is 5.92 Å². The molecule has 2 heterocycles. The van der Waals surface area contributed by atoms with Crippen LogP contribution in [0.2, 0.25) is 5.02 Å². The third kappa shape index (κ3) is 4.59. The highest BCUT2D eigenvalue weighted by molar-refractivity contribution is 7.89. The summed E-state index contributed by atoms with van der Waals surface area (Å²) in [6.45, 7) is 1.45. The fraction of sp³-hybridized carbons (Fsp3) is 0.435. The van der Waals surface area contributed by atoms with Crippen LogP contribution in [0.4, 0.5) is 0 Å². The quantitative estimate of drug-likeness (QED) is 0.670. The number of hydrogen-bond acceptors (Lipinski definition) is 4. The maximum Gasteiger partial charge on any atom is 0.243 e. The molecule has 0 N–H and O–H groups in total. The number of carbonyl (C=O) groups excluding carboxylic acids is 1. The van der Waals surface area contributed by atoms with E-state index in [0.717, 1.165) is 30.7 Å². The Morgan fingerprint density at radius 2 is 1.61 bits per heavy atom. The lowest BCUT2D eigenvalue weighted by Gasteiger charge is -2.34. The van der Waals surface area contributed by atoms with E-state index in [1.165, 1.54) is 16.4 Å². The molecule has 2 aliphatic rings. The zero-order valence-corrected chi connectivity index (χ0v) is 19.1. The van der Waals surface area contributed by atoms with Crippen LogP contribution in [0.3, 0.4) is 0 Å². The van der Waals surface area contributed by atoms with E-state index in [-0.39, 0.29) is 22.8 Å². The summed E-state index contributed by atoms with van der Waals surface area (Å²) in [5.74, 6) is 0.797. The number of nitrogens with zero attached hydrogens (tertiary/aromatic N) is 2. The van der Waals surface area contributed by atoms with Crippen molar-refractivity contribution in [3.8, 4) is 5.75 Å². The Labute approximate surface area is 188 Å². The molecule has 2 aliphatic heterocycles. The van der Waals surface area contributed by atoms with Gasteiger partial charge in [-0.15, -0.1) is 0 Å². The Kier molecular flexibility index (Phi) is 6.55. The van der Waals surface area contributed by atoms with Crippen LogP contribution < -0.4 is 4.74 Å². The summed E-state index contributed by atoms with van der Waals surface area (Å²) < 4.78 is 32.5. The number of rotatable bonds is 5. The lowest BCUT2D eigenvalue weighted by Crippen LogP contribution is -2.44. The summed E-state index contributed by atoms with van der Waals surface area (Å²) in [6, 6.07) is 14.2. The van der Waals surface area contributed by atoms with E-state index in [1.807, 2.05) is 29.2 Å². The van der Waals surface area contributed by atoms with Crippen molar-refractivity contribution in [2.75, 3.05) is 26.7 Å². The standard InChI is InChI=1S/C23H27ClN2O4S/c1-30-20-8-4-17(5-9-20)22-3-2-14-26(22)23(27)18-12-15-25(16-13-18)31(28,29)21-10-6-19(24)7-11-21/h4-11,18,22H,2-3,12-16H2,1H3/t22-/m0/s1. The molecule has 2 fully saturated rings. The van der Waals surface area contributed by atoms with E-state index in [4.69, 9.17) is 16.3 Å². The molecular formula is C23H27ClN2O4S. The van der Waals surface area contributed by atoms with Gasteiger partial charge in [0.15, 0.2) is 0 Å². The lowest BCUT2D eigenvalue weighted by atomic mass is 9.95. The van der Waals surface area contributed by atoms with Gasteiger partial charge in [0.25, 0.3) is 0 Å². The highest BCUT2D eigenvalue weighted by atomic mass is 35.5. The Hall–Kier alpha value is -2.09. The van der Waals surface area contributed by atoms with Gasteiger partial charge in [0, 0.05) is 30.6 Å². The first-order chi connectivity index (χ1) is 14.9. The summed E-state index contributed by atoms with van der Waals surface area (Å²) in [5.41, 5.74) is 1.12. The van der Waals surface area contributed by atoms with Crippen LogP contribution >= 0.6 is 11.6 Å². The molecule has 2 aromatic rings. The second-order valence-electron chi connectivity index (χ2n) is 8.10. The van der Waals surface area contributed by atoms with Crippen molar-refractivity contribution >= 4 is 27.5 Å². The van der Waals surface area contributed by atoms with E-state index >= 15 is 0 Å². The van der Waals surface area contributed by atoms with Crippen molar-refractivity contribution in [3.05, 3.63) is 59.1 Å². The molecule has 0 unspecified atom stereocenters. The van der Waals surface area contributed by atoms with Gasteiger partial charge >= 0.3 is 0 Å². The van der Waals surface area contributed by atoms with Crippen molar-refractivity contribution < 1.29 is 17.9 Å². The average Bonchev–Trinajstić information content (AvgIpc) is 3.29. The first-order valence-corrected chi connectivity index (χ1v) is 12.4. The zero-order chi connectivity index (χ0) is 22.0. The van der Waals surface area contributed by atoms with Gasteiger partial charge in [-0.05, 0) is 67.6 Å². The Morgan fingerprint density at radius 1 is 0.968 bits per heavy atom. The van der Waals surface area contributed by atoms with Gasteiger partial charge in [-0.2, -0.15) is 4.31 Å². The first-order valence-electron chi connectivity index (χ1n) is 10.6. The van der Waals surface area contributed by atoms with Gasteiger partial charge in [0.1, 0.15) is 5.75 Å². The third-order valence-corrected chi connectivity index (χ3v) is 8.46. The second kappa shape index (κ2) is 9.18. The van der Waals surface area contributed by atoms with Crippen LogP contribution in [0.5, 0.6) is 5.75 Å². The summed E-state index contributed by atoms with van der Waals surface area (Å²) >= 11 is 5.88. The minimum absolute atomic E-state index is 0.0780. The number of benzene rings is 2. The van der Waals surface area contributed by atoms with E-state index < -0.39 is 10.0 Å². The van der Waals surface area contributed by atoms with Gasteiger partial charge in [-0.25, -0.2) is 8.42 Å². The number of sulfonamides is 1. The molecule has 4 rings (SSSR count). The molecular weight excluding hydrogens is 436 g/mol. The summed E-state index contributed by atoms with van der Waals surface area (Å²) in [6.07, 6.45) is 3.00. The largest absolute Gasteiger partial charge is 0.497 e. The normalized spacial score (nSPS) is 20.7. The molecule has 1 atom stereocenters. The molecule has 31 heavy (non-hydrogen) atoms. The van der Waals surface area contributed by atoms with Gasteiger partial charge < -0.3 is 9.64 Å². The van der Waals surface area contributed by atoms with Crippen LogP contribution in [0.1, 0.15) is 37.3 Å². The number of hydrogen-bond donors (Lipinski definition) is 0. The molecule has 0 aliphatic carbocycles. The number of likely N-dealkylation sites (tertiary alicyclic amines) is 1. The zero-order valence-electron chi connectivity index (χ0n) is 17.5. The molecule has 2 saturated heterocycles. The van der Waals surface area contributed by atoms with Gasteiger partial charge in [-0.3, -0.25) is 4.79 Å². The summed E-state index contributed by atoms with van der Waals surface area (Å²) in [4.78, 5) is 15.5. The molecule has 0 saturated carbocycles. The van der Waals surface area contributed by atoms with Crippen molar-refractivity contribution in [3.63, 3.8) is 0 Å². The molecule has 0 spiro atoms. The number of ether oxygens (including phenoxy) is 1. The molecule has 6 nitrogen and oxygen atoms in total. The first kappa shape index (κ1) is 22.1. The predicted molar refractivity (Wildman–Crippen MR) is 120 cm³/mol. The molecule has 0 radical (unpaired) electrons. The average molecular weight is 463 g/mol. The minimum atomic E-state index is -3.57. The third-order valence-electron chi connectivity index (χ3n) is 6.29. The molecule has 166 valence electrons. The predicted octanol–water partition coefficient (Wildman–Crippen LogP) is 4.11. The Bertz CT molecular complexity index is 1020. The van der Waals surface area contributed by atoms with Crippen LogP contribution in [-0.4, -0.2) is 50.3 Å².